The SMILES string of the molecule is CC1(C)C2=C(CC(c3ccc4[nH]c5ccc6ccccc6c5c4c3)C=C2)N(c2ccccc2)c2ccccc21. The zero-order valence-corrected chi connectivity index (χ0v) is 22.3. The number of aromatic amines is 1. The third-order valence-electron chi connectivity index (χ3n) is 8.93. The average Bonchev–Trinajstić information content (AvgIpc) is 3.36. The molecule has 1 aliphatic heterocycles. The van der Waals surface area contributed by atoms with E-state index in [0.717, 1.165) is 6.42 Å². The molecule has 0 radical (unpaired) electrons. The minimum absolute atomic E-state index is 0.0572. The Morgan fingerprint density at radius 3 is 2.41 bits per heavy atom. The van der Waals surface area contributed by atoms with E-state index in [1.165, 1.54) is 66.4 Å². The molecule has 8 rings (SSSR count). The summed E-state index contributed by atoms with van der Waals surface area (Å²) in [6, 6.07) is 39.9. The standard InChI is InChI=1S/C37H30N2/c1-37(2)30-14-8-9-15-34(30)39(27-11-4-3-5-12-27)35-23-26(16-19-31(35)37)25-18-20-32-29(22-25)36-28-13-7-6-10-24(28)17-21-33(36)38-32/h3-22,26,38H,23H2,1-2H3. The van der Waals surface area contributed by atoms with Gasteiger partial charge in [-0.3, -0.25) is 0 Å². The van der Waals surface area contributed by atoms with Crippen molar-refractivity contribution in [2.45, 2.75) is 31.6 Å². The quantitative estimate of drug-likeness (QED) is 0.250. The first-order valence-electron chi connectivity index (χ1n) is 13.9. The average molecular weight is 503 g/mol. The normalized spacial score (nSPS) is 18.1. The number of hydrogen-bond acceptors (Lipinski definition) is 1. The van der Waals surface area contributed by atoms with E-state index in [1.54, 1.807) is 0 Å². The van der Waals surface area contributed by atoms with Gasteiger partial charge < -0.3 is 9.88 Å². The summed E-state index contributed by atoms with van der Waals surface area (Å²) in [5, 5.41) is 5.22. The molecular weight excluding hydrogens is 472 g/mol. The highest BCUT2D eigenvalue weighted by molar-refractivity contribution is 6.20. The summed E-state index contributed by atoms with van der Waals surface area (Å²) >= 11 is 0. The highest BCUT2D eigenvalue weighted by Crippen LogP contribution is 2.52. The fourth-order valence-corrected chi connectivity index (χ4v) is 6.98. The van der Waals surface area contributed by atoms with Gasteiger partial charge in [0.05, 0.1) is 0 Å². The van der Waals surface area contributed by atoms with Crippen molar-refractivity contribution >= 4 is 44.0 Å². The number of hydrogen-bond donors (Lipinski definition) is 1. The van der Waals surface area contributed by atoms with E-state index in [-0.39, 0.29) is 5.41 Å². The van der Waals surface area contributed by atoms with Gasteiger partial charge in [0.1, 0.15) is 0 Å². The fourth-order valence-electron chi connectivity index (χ4n) is 6.98. The summed E-state index contributed by atoms with van der Waals surface area (Å²) in [5.74, 6) is 0.306. The maximum Gasteiger partial charge on any atom is 0.0499 e. The number of aromatic nitrogens is 1. The molecule has 2 heterocycles. The van der Waals surface area contributed by atoms with Crippen LogP contribution in [0.5, 0.6) is 0 Å². The van der Waals surface area contributed by atoms with E-state index in [9.17, 15) is 0 Å². The van der Waals surface area contributed by atoms with Gasteiger partial charge in [0, 0.05) is 50.2 Å². The molecule has 0 saturated carbocycles. The Bertz CT molecular complexity index is 1970. The summed E-state index contributed by atoms with van der Waals surface area (Å²) in [6.07, 6.45) is 5.81. The van der Waals surface area contributed by atoms with E-state index in [0.29, 0.717) is 5.92 Å². The van der Waals surface area contributed by atoms with Crippen LogP contribution >= 0.6 is 0 Å². The van der Waals surface area contributed by atoms with Crippen LogP contribution in [0.4, 0.5) is 11.4 Å². The van der Waals surface area contributed by atoms with Gasteiger partial charge >= 0.3 is 0 Å². The lowest BCUT2D eigenvalue weighted by Crippen LogP contribution is -2.35. The molecule has 2 nitrogen and oxygen atoms in total. The largest absolute Gasteiger partial charge is 0.354 e. The van der Waals surface area contributed by atoms with Crippen molar-refractivity contribution in [3.8, 4) is 0 Å². The lowest BCUT2D eigenvalue weighted by molar-refractivity contribution is 0.595. The van der Waals surface area contributed by atoms with Crippen LogP contribution in [0.1, 0.15) is 37.3 Å². The van der Waals surface area contributed by atoms with Crippen molar-refractivity contribution in [2.24, 2.45) is 0 Å². The smallest absolute Gasteiger partial charge is 0.0499 e. The number of allylic oxidation sites excluding steroid dienone is 4. The van der Waals surface area contributed by atoms with Gasteiger partial charge in [0.25, 0.3) is 0 Å². The zero-order chi connectivity index (χ0) is 26.1. The van der Waals surface area contributed by atoms with Gasteiger partial charge in [-0.15, -0.1) is 0 Å². The van der Waals surface area contributed by atoms with Gasteiger partial charge in [0.2, 0.25) is 0 Å². The van der Waals surface area contributed by atoms with Crippen molar-refractivity contribution in [1.29, 1.82) is 0 Å². The molecule has 1 aromatic heterocycles. The molecule has 39 heavy (non-hydrogen) atoms. The van der Waals surface area contributed by atoms with Gasteiger partial charge in [-0.1, -0.05) is 98.8 Å². The molecule has 0 spiro atoms. The van der Waals surface area contributed by atoms with Crippen molar-refractivity contribution in [1.82, 2.24) is 4.98 Å². The van der Waals surface area contributed by atoms with Crippen LogP contribution in [0.2, 0.25) is 0 Å². The molecule has 0 fully saturated rings. The van der Waals surface area contributed by atoms with Gasteiger partial charge in [-0.2, -0.15) is 0 Å². The van der Waals surface area contributed by atoms with Crippen molar-refractivity contribution in [3.05, 3.63) is 144 Å². The molecule has 1 atom stereocenters. The second kappa shape index (κ2) is 8.22. The Balaban J connectivity index is 1.28. The Hall–Kier alpha value is -4.56. The number of para-hydroxylation sites is 2. The maximum absolute atomic E-state index is 3.66. The summed E-state index contributed by atoms with van der Waals surface area (Å²) in [7, 11) is 0. The molecule has 2 aliphatic rings. The summed E-state index contributed by atoms with van der Waals surface area (Å²) < 4.78 is 0. The summed E-state index contributed by atoms with van der Waals surface area (Å²) in [6.45, 7) is 4.74. The van der Waals surface area contributed by atoms with E-state index >= 15 is 0 Å². The van der Waals surface area contributed by atoms with Gasteiger partial charge in [-0.25, -0.2) is 0 Å². The first-order chi connectivity index (χ1) is 19.1. The van der Waals surface area contributed by atoms with Crippen LogP contribution in [-0.2, 0) is 5.41 Å². The summed E-state index contributed by atoms with van der Waals surface area (Å²) in [5.41, 5.74) is 10.4. The zero-order valence-electron chi connectivity index (χ0n) is 22.3. The molecular formula is C37H30N2. The molecule has 1 N–H and O–H groups in total. The second-order valence-corrected chi connectivity index (χ2v) is 11.5. The van der Waals surface area contributed by atoms with Crippen molar-refractivity contribution in [3.63, 3.8) is 0 Å². The Kier molecular flexibility index (Phi) is 4.73. The molecule has 2 heteroatoms. The molecule has 0 bridgehead atoms. The highest BCUT2D eigenvalue weighted by Gasteiger charge is 2.39. The van der Waals surface area contributed by atoms with Gasteiger partial charge in [0.15, 0.2) is 0 Å². The van der Waals surface area contributed by atoms with Crippen LogP contribution in [0, 0.1) is 0 Å². The third-order valence-corrected chi connectivity index (χ3v) is 8.93. The molecule has 5 aromatic carbocycles. The predicted molar refractivity (Wildman–Crippen MR) is 165 cm³/mol. The number of benzene rings is 5. The first kappa shape index (κ1) is 22.4. The van der Waals surface area contributed by atoms with Crippen LogP contribution in [0.15, 0.2) is 133 Å². The van der Waals surface area contributed by atoms with E-state index in [4.69, 9.17) is 0 Å². The van der Waals surface area contributed by atoms with Crippen LogP contribution < -0.4 is 4.90 Å². The van der Waals surface area contributed by atoms with E-state index in [1.807, 2.05) is 0 Å². The Morgan fingerprint density at radius 2 is 1.51 bits per heavy atom. The number of nitrogens with one attached hydrogen (secondary N) is 1. The number of nitrogens with zero attached hydrogens (tertiary/aromatic N) is 1. The number of anilines is 2. The Labute approximate surface area is 228 Å². The lowest BCUT2D eigenvalue weighted by Gasteiger charge is -2.45. The third kappa shape index (κ3) is 3.28. The van der Waals surface area contributed by atoms with Crippen molar-refractivity contribution < 1.29 is 0 Å². The number of fused-ring (bicyclic) bond motifs is 6. The monoisotopic (exact) mass is 502 g/mol. The molecule has 0 amide bonds. The van der Waals surface area contributed by atoms with Crippen LogP contribution in [-0.4, -0.2) is 4.98 Å². The number of H-pyrrole nitrogens is 1. The molecule has 0 saturated heterocycles. The fraction of sp³-hybridized carbons (Fsp3) is 0.135. The molecule has 1 unspecified atom stereocenters. The van der Waals surface area contributed by atoms with Gasteiger partial charge in [-0.05, 0) is 70.3 Å². The lowest BCUT2D eigenvalue weighted by atomic mass is 9.69. The van der Waals surface area contributed by atoms with E-state index < -0.39 is 0 Å². The highest BCUT2D eigenvalue weighted by atomic mass is 15.2. The first-order valence-corrected chi connectivity index (χ1v) is 13.9. The minimum Gasteiger partial charge on any atom is -0.354 e. The molecule has 188 valence electrons. The number of rotatable bonds is 2. The van der Waals surface area contributed by atoms with E-state index in [2.05, 4.69) is 145 Å². The van der Waals surface area contributed by atoms with Crippen LogP contribution in [0.25, 0.3) is 32.6 Å². The Morgan fingerprint density at radius 1 is 0.744 bits per heavy atom. The van der Waals surface area contributed by atoms with Crippen LogP contribution in [0.3, 0.4) is 0 Å². The maximum atomic E-state index is 3.66. The topological polar surface area (TPSA) is 19.0 Å². The van der Waals surface area contributed by atoms with Crippen molar-refractivity contribution in [2.75, 3.05) is 4.90 Å². The molecule has 1 aliphatic carbocycles. The minimum atomic E-state index is -0.0572. The molecule has 6 aromatic rings. The predicted octanol–water partition coefficient (Wildman–Crippen LogP) is 9.90. The summed E-state index contributed by atoms with van der Waals surface area (Å²) in [4.78, 5) is 6.16. The second-order valence-electron chi connectivity index (χ2n) is 11.5.